The molecule has 4 heteroatoms. The third-order valence-corrected chi connectivity index (χ3v) is 22.0. The molecule has 0 atom stereocenters. The van der Waals surface area contributed by atoms with Crippen LogP contribution in [0.1, 0.15) is 77.5 Å². The van der Waals surface area contributed by atoms with Crippen molar-refractivity contribution in [2.24, 2.45) is 7.05 Å². The quantitative estimate of drug-likeness (QED) is 0.479. The molecule has 0 bridgehead atoms. The van der Waals surface area contributed by atoms with Crippen molar-refractivity contribution in [3.8, 4) is 0 Å². The minimum absolute atomic E-state index is 0.612. The maximum atomic E-state index is 5.56. The standard InChI is InChI=1S/C9H13N2O.2C4H9.C3H7.Sn/c1-11-5-4-10-9(11)8-2-6-12-7-3-8;2*1-3-4-2;1-3-2;/h4,8H,2-3,6-7H2,1H3;2*1,3-4H2,2H3;1,3H2,2H3;. The number of imidazole rings is 1. The number of hydrogen-bond acceptors (Lipinski definition) is 2. The molecular formula is C20H38N2OSn. The van der Waals surface area contributed by atoms with Crippen molar-refractivity contribution in [2.75, 3.05) is 13.2 Å². The molecule has 0 N–H and O–H groups in total. The average Bonchev–Trinajstić information content (AvgIpc) is 3.00. The second-order valence-corrected chi connectivity index (χ2v) is 20.7. The molecular weight excluding hydrogens is 403 g/mol. The summed E-state index contributed by atoms with van der Waals surface area (Å²) in [6.45, 7) is 8.89. The van der Waals surface area contributed by atoms with Crippen molar-refractivity contribution in [2.45, 2.75) is 84.9 Å². The molecule has 1 fully saturated rings. The van der Waals surface area contributed by atoms with Crippen molar-refractivity contribution in [3.05, 3.63) is 12.0 Å². The second-order valence-electron chi connectivity index (χ2n) is 7.68. The predicted octanol–water partition coefficient (Wildman–Crippen LogP) is 4.98. The fourth-order valence-electron chi connectivity index (χ4n) is 4.52. The molecule has 2 rings (SSSR count). The normalized spacial score (nSPS) is 16.7. The van der Waals surface area contributed by atoms with E-state index in [4.69, 9.17) is 9.72 Å². The van der Waals surface area contributed by atoms with Crippen molar-refractivity contribution in [1.82, 2.24) is 9.55 Å². The summed E-state index contributed by atoms with van der Waals surface area (Å²) in [5.74, 6) is 1.96. The molecule has 0 spiro atoms. The van der Waals surface area contributed by atoms with Crippen LogP contribution in [0.15, 0.2) is 6.20 Å². The molecule has 138 valence electrons. The topological polar surface area (TPSA) is 27.1 Å². The number of nitrogens with zero attached hydrogens (tertiary/aromatic N) is 2. The van der Waals surface area contributed by atoms with Gasteiger partial charge >= 0.3 is 154 Å². The molecule has 1 aliphatic heterocycles. The van der Waals surface area contributed by atoms with Crippen LogP contribution in [0.4, 0.5) is 0 Å². The number of hydrogen-bond donors (Lipinski definition) is 0. The molecule has 0 saturated carbocycles. The number of ether oxygens (including phenoxy) is 1. The summed E-state index contributed by atoms with van der Waals surface area (Å²) in [5.41, 5.74) is 0. The fraction of sp³-hybridized carbons (Fsp3) is 0.850. The van der Waals surface area contributed by atoms with Gasteiger partial charge in [-0.25, -0.2) is 0 Å². The fourth-order valence-corrected chi connectivity index (χ4v) is 20.8. The van der Waals surface area contributed by atoms with E-state index in [0.29, 0.717) is 5.92 Å². The molecule has 0 amide bonds. The summed E-state index contributed by atoms with van der Waals surface area (Å²) in [6, 6.07) is 0. The van der Waals surface area contributed by atoms with Gasteiger partial charge in [-0.15, -0.1) is 0 Å². The summed E-state index contributed by atoms with van der Waals surface area (Å²) in [5, 5.41) is 0. The van der Waals surface area contributed by atoms with Gasteiger partial charge < -0.3 is 0 Å². The van der Waals surface area contributed by atoms with Crippen LogP contribution in [0.3, 0.4) is 0 Å². The van der Waals surface area contributed by atoms with Gasteiger partial charge in [0.1, 0.15) is 0 Å². The van der Waals surface area contributed by atoms with Crippen LogP contribution >= 0.6 is 0 Å². The van der Waals surface area contributed by atoms with Crippen molar-refractivity contribution in [3.63, 3.8) is 0 Å². The zero-order valence-electron chi connectivity index (χ0n) is 16.4. The van der Waals surface area contributed by atoms with Crippen LogP contribution in [0.2, 0.25) is 13.3 Å². The van der Waals surface area contributed by atoms with Crippen molar-refractivity contribution in [1.29, 1.82) is 0 Å². The van der Waals surface area contributed by atoms with Gasteiger partial charge in [0.2, 0.25) is 0 Å². The Labute approximate surface area is 153 Å². The van der Waals surface area contributed by atoms with Crippen LogP contribution in [0, 0.1) is 0 Å². The summed E-state index contributed by atoms with van der Waals surface area (Å²) >= 11 is -2.33. The molecule has 2 heterocycles. The van der Waals surface area contributed by atoms with Crippen LogP contribution in [-0.4, -0.2) is 41.1 Å². The molecule has 0 radical (unpaired) electrons. The van der Waals surface area contributed by atoms with Gasteiger partial charge in [0.15, 0.2) is 0 Å². The monoisotopic (exact) mass is 442 g/mol. The molecule has 0 unspecified atom stereocenters. The van der Waals surface area contributed by atoms with E-state index in [1.165, 1.54) is 51.2 Å². The third-order valence-electron chi connectivity index (χ3n) is 5.90. The van der Waals surface area contributed by atoms with Gasteiger partial charge in [-0.1, -0.05) is 0 Å². The molecule has 24 heavy (non-hydrogen) atoms. The van der Waals surface area contributed by atoms with Crippen LogP contribution in [0.25, 0.3) is 0 Å². The Morgan fingerprint density at radius 2 is 1.67 bits per heavy atom. The average molecular weight is 441 g/mol. The first-order chi connectivity index (χ1) is 11.7. The second kappa shape index (κ2) is 10.2. The number of rotatable bonds is 10. The molecule has 0 aliphatic carbocycles. The van der Waals surface area contributed by atoms with Gasteiger partial charge in [0.25, 0.3) is 0 Å². The minimum atomic E-state index is -2.33. The van der Waals surface area contributed by atoms with Crippen molar-refractivity contribution >= 4 is 22.1 Å². The maximum absolute atomic E-state index is 5.56. The third kappa shape index (κ3) is 4.78. The van der Waals surface area contributed by atoms with E-state index in [-0.39, 0.29) is 0 Å². The summed E-state index contributed by atoms with van der Waals surface area (Å²) < 4.78 is 14.3. The van der Waals surface area contributed by atoms with E-state index >= 15 is 0 Å². The van der Waals surface area contributed by atoms with E-state index in [1.54, 1.807) is 3.71 Å². The predicted molar refractivity (Wildman–Crippen MR) is 106 cm³/mol. The number of unbranched alkanes of at least 4 members (excludes halogenated alkanes) is 2. The zero-order chi connectivity index (χ0) is 17.4. The van der Waals surface area contributed by atoms with Gasteiger partial charge in [-0.2, -0.15) is 0 Å². The molecule has 0 aromatic carbocycles. The first-order valence-electron chi connectivity index (χ1n) is 10.3. The Morgan fingerprint density at radius 3 is 2.21 bits per heavy atom. The van der Waals surface area contributed by atoms with E-state index in [1.807, 2.05) is 0 Å². The Morgan fingerprint density at radius 1 is 1.04 bits per heavy atom. The first-order valence-corrected chi connectivity index (χ1v) is 17.8. The summed E-state index contributed by atoms with van der Waals surface area (Å²) in [7, 11) is 2.31. The molecule has 1 aromatic heterocycles. The molecule has 3 nitrogen and oxygen atoms in total. The Kier molecular flexibility index (Phi) is 8.62. The summed E-state index contributed by atoms with van der Waals surface area (Å²) in [4.78, 5) is 4.96. The molecule has 1 saturated heterocycles. The Bertz CT molecular complexity index is 472. The first kappa shape index (κ1) is 20.3. The van der Waals surface area contributed by atoms with E-state index < -0.39 is 18.4 Å². The van der Waals surface area contributed by atoms with Gasteiger partial charge in [-0.05, 0) is 0 Å². The Hall–Kier alpha value is -0.0313. The molecule has 1 aromatic rings. The Balaban J connectivity index is 2.31. The van der Waals surface area contributed by atoms with E-state index in [2.05, 4.69) is 38.6 Å². The van der Waals surface area contributed by atoms with Crippen LogP contribution in [-0.2, 0) is 11.8 Å². The SMILES string of the molecule is CCC[CH2][Sn]([CH2]CC)([CH2]CCC)[c]1cnc(C2CCOCC2)n1C. The van der Waals surface area contributed by atoms with Gasteiger partial charge in [0.05, 0.1) is 0 Å². The van der Waals surface area contributed by atoms with Gasteiger partial charge in [-0.3, -0.25) is 0 Å². The molecule has 1 aliphatic rings. The van der Waals surface area contributed by atoms with Crippen LogP contribution in [0.5, 0.6) is 0 Å². The van der Waals surface area contributed by atoms with E-state index in [0.717, 1.165) is 26.1 Å². The van der Waals surface area contributed by atoms with Gasteiger partial charge in [0, 0.05) is 0 Å². The van der Waals surface area contributed by atoms with Crippen LogP contribution < -0.4 is 3.71 Å². The summed E-state index contributed by atoms with van der Waals surface area (Å²) in [6.07, 6.45) is 11.4. The van der Waals surface area contributed by atoms with Crippen molar-refractivity contribution < 1.29 is 4.74 Å². The zero-order valence-corrected chi connectivity index (χ0v) is 19.3. The number of aromatic nitrogens is 2. The van der Waals surface area contributed by atoms with E-state index in [9.17, 15) is 0 Å².